The maximum Gasteiger partial charge on any atom is 0.229 e. The van der Waals surface area contributed by atoms with Crippen molar-refractivity contribution in [2.75, 3.05) is 24.1 Å². The molecule has 6 nitrogen and oxygen atoms in total. The minimum atomic E-state index is -0.390. The molecule has 0 saturated carbocycles. The summed E-state index contributed by atoms with van der Waals surface area (Å²) in [6, 6.07) is 13.4. The molecule has 1 saturated heterocycles. The monoisotopic (exact) mass is 425 g/mol. The molecular formula is C22H20FN3O3S. The van der Waals surface area contributed by atoms with Crippen molar-refractivity contribution in [3.63, 3.8) is 0 Å². The molecule has 0 aromatic heterocycles. The lowest BCUT2D eigenvalue weighted by molar-refractivity contribution is -0.129. The fourth-order valence-electron chi connectivity index (χ4n) is 3.68. The number of carbonyl (C=O) groups excluding carboxylic acids is 1. The third-order valence-electron chi connectivity index (χ3n) is 5.17. The Morgan fingerprint density at radius 3 is 2.77 bits per heavy atom. The van der Waals surface area contributed by atoms with Crippen molar-refractivity contribution in [3.8, 4) is 17.6 Å². The number of hydrogen-bond acceptors (Lipinski definition) is 6. The number of thioether (sulfide) groups is 1. The molecule has 2 aliphatic heterocycles. The zero-order chi connectivity index (χ0) is 21.3. The first-order valence-corrected chi connectivity index (χ1v) is 10.5. The van der Waals surface area contributed by atoms with Crippen LogP contribution in [0.2, 0.25) is 0 Å². The number of fused-ring (bicyclic) bond motifs is 1. The first kappa shape index (κ1) is 20.1. The number of phenolic OH excluding ortho intramolecular Hbond substituents is 1. The number of phenols is 1. The van der Waals surface area contributed by atoms with Crippen LogP contribution >= 0.6 is 11.8 Å². The van der Waals surface area contributed by atoms with Crippen LogP contribution in [0.5, 0.6) is 11.5 Å². The SMILES string of the molecule is CCOc1cc(C2CC(=O)N3CN(c4ccc(F)cc4)CSC3=C2C#N)ccc1O. The van der Waals surface area contributed by atoms with Gasteiger partial charge in [-0.05, 0) is 48.9 Å². The Kier molecular flexibility index (Phi) is 5.55. The average molecular weight is 425 g/mol. The molecule has 0 bridgehead atoms. The molecule has 1 amide bonds. The maximum atomic E-state index is 13.2. The summed E-state index contributed by atoms with van der Waals surface area (Å²) in [5, 5.41) is 20.5. The summed E-state index contributed by atoms with van der Waals surface area (Å²) >= 11 is 1.42. The van der Waals surface area contributed by atoms with Crippen LogP contribution in [0.1, 0.15) is 24.8 Å². The van der Waals surface area contributed by atoms with E-state index in [1.165, 1.54) is 30.0 Å². The van der Waals surface area contributed by atoms with Gasteiger partial charge in [-0.3, -0.25) is 9.69 Å². The molecule has 30 heavy (non-hydrogen) atoms. The Labute approximate surface area is 178 Å². The third-order valence-corrected chi connectivity index (χ3v) is 6.33. The van der Waals surface area contributed by atoms with Crippen LogP contribution in [-0.4, -0.2) is 35.1 Å². The first-order chi connectivity index (χ1) is 14.5. The molecule has 1 unspecified atom stereocenters. The van der Waals surface area contributed by atoms with Gasteiger partial charge in [-0.15, -0.1) is 0 Å². The van der Waals surface area contributed by atoms with Crippen LogP contribution in [0.3, 0.4) is 0 Å². The van der Waals surface area contributed by atoms with Crippen LogP contribution in [0.25, 0.3) is 0 Å². The van der Waals surface area contributed by atoms with Crippen LogP contribution < -0.4 is 9.64 Å². The van der Waals surface area contributed by atoms with Gasteiger partial charge in [0.2, 0.25) is 5.91 Å². The van der Waals surface area contributed by atoms with E-state index in [2.05, 4.69) is 6.07 Å². The summed E-state index contributed by atoms with van der Waals surface area (Å²) in [5.74, 6) is 0.122. The van der Waals surface area contributed by atoms with Gasteiger partial charge in [-0.25, -0.2) is 4.39 Å². The van der Waals surface area contributed by atoms with Gasteiger partial charge in [0, 0.05) is 18.0 Å². The van der Waals surface area contributed by atoms with Crippen molar-refractivity contribution in [3.05, 3.63) is 64.4 Å². The zero-order valence-corrected chi connectivity index (χ0v) is 17.2. The molecule has 1 N–H and O–H groups in total. The van der Waals surface area contributed by atoms with Gasteiger partial charge in [-0.1, -0.05) is 17.8 Å². The molecule has 0 aliphatic carbocycles. The van der Waals surface area contributed by atoms with Crippen molar-refractivity contribution >= 4 is 23.4 Å². The van der Waals surface area contributed by atoms with E-state index in [1.54, 1.807) is 29.2 Å². The van der Waals surface area contributed by atoms with Crippen molar-refractivity contribution in [1.82, 2.24) is 4.90 Å². The topological polar surface area (TPSA) is 76.8 Å². The van der Waals surface area contributed by atoms with E-state index < -0.39 is 5.92 Å². The second-order valence-electron chi connectivity index (χ2n) is 7.00. The van der Waals surface area contributed by atoms with E-state index in [-0.39, 0.29) is 23.9 Å². The lowest BCUT2D eigenvalue weighted by Gasteiger charge is -2.42. The van der Waals surface area contributed by atoms with Crippen LogP contribution in [0, 0.1) is 17.1 Å². The number of halogens is 1. The Balaban J connectivity index is 1.65. The minimum Gasteiger partial charge on any atom is -0.504 e. The number of rotatable bonds is 4. The van der Waals surface area contributed by atoms with Gasteiger partial charge in [0.05, 0.1) is 35.8 Å². The fourth-order valence-corrected chi connectivity index (χ4v) is 4.85. The summed E-state index contributed by atoms with van der Waals surface area (Å²) in [6.45, 7) is 2.53. The van der Waals surface area contributed by atoms with Crippen LogP contribution in [0.4, 0.5) is 10.1 Å². The lowest BCUT2D eigenvalue weighted by Crippen LogP contribution is -2.47. The quantitative estimate of drug-likeness (QED) is 0.793. The molecule has 2 aliphatic rings. The van der Waals surface area contributed by atoms with Crippen molar-refractivity contribution in [1.29, 1.82) is 5.26 Å². The lowest BCUT2D eigenvalue weighted by atomic mass is 9.86. The van der Waals surface area contributed by atoms with E-state index >= 15 is 0 Å². The average Bonchev–Trinajstić information content (AvgIpc) is 2.76. The summed E-state index contributed by atoms with van der Waals surface area (Å²) in [4.78, 5) is 16.6. The standard InChI is InChI=1S/C22H20FN3O3S/c1-2-29-20-9-14(3-8-19(20)27)17-10-21(28)26-12-25(13-30-22(26)18(17)11-24)16-6-4-15(23)5-7-16/h3-9,17,27H,2,10,12-13H2,1H3. The van der Waals surface area contributed by atoms with Gasteiger partial charge in [0.1, 0.15) is 5.82 Å². The molecular weight excluding hydrogens is 405 g/mol. The third kappa shape index (κ3) is 3.68. The van der Waals surface area contributed by atoms with Gasteiger partial charge >= 0.3 is 0 Å². The molecule has 0 radical (unpaired) electrons. The minimum absolute atomic E-state index is 0.0255. The Morgan fingerprint density at radius 2 is 2.07 bits per heavy atom. The fraction of sp³-hybridized carbons (Fsp3) is 0.273. The zero-order valence-electron chi connectivity index (χ0n) is 16.3. The number of aromatic hydroxyl groups is 1. The summed E-state index contributed by atoms with van der Waals surface area (Å²) in [7, 11) is 0. The predicted molar refractivity (Wildman–Crippen MR) is 112 cm³/mol. The van der Waals surface area contributed by atoms with Gasteiger partial charge in [0.25, 0.3) is 0 Å². The second-order valence-corrected chi connectivity index (χ2v) is 7.93. The number of allylic oxidation sites excluding steroid dienone is 1. The highest BCUT2D eigenvalue weighted by molar-refractivity contribution is 8.03. The summed E-state index contributed by atoms with van der Waals surface area (Å²) < 4.78 is 18.7. The summed E-state index contributed by atoms with van der Waals surface area (Å²) in [5.41, 5.74) is 2.11. The molecule has 2 heterocycles. The van der Waals surface area contributed by atoms with Crippen LogP contribution in [-0.2, 0) is 4.79 Å². The van der Waals surface area contributed by atoms with E-state index in [9.17, 15) is 19.6 Å². The molecule has 2 aromatic carbocycles. The van der Waals surface area contributed by atoms with E-state index in [0.29, 0.717) is 35.5 Å². The number of nitrogens with zero attached hydrogens (tertiary/aromatic N) is 3. The number of benzene rings is 2. The Hall–Kier alpha value is -3.18. The van der Waals surface area contributed by atoms with Crippen molar-refractivity contribution < 1.29 is 19.0 Å². The van der Waals surface area contributed by atoms with E-state index in [4.69, 9.17) is 4.74 Å². The molecule has 4 rings (SSSR count). The smallest absolute Gasteiger partial charge is 0.229 e. The maximum absolute atomic E-state index is 13.2. The number of carbonyl (C=O) groups is 1. The molecule has 0 spiro atoms. The highest BCUT2D eigenvalue weighted by Crippen LogP contribution is 2.44. The molecule has 154 valence electrons. The number of ether oxygens (including phenoxy) is 1. The number of hydrogen-bond donors (Lipinski definition) is 1. The van der Waals surface area contributed by atoms with Gasteiger partial charge in [-0.2, -0.15) is 5.26 Å². The molecule has 2 aromatic rings. The number of anilines is 1. The van der Waals surface area contributed by atoms with Crippen molar-refractivity contribution in [2.24, 2.45) is 0 Å². The predicted octanol–water partition coefficient (Wildman–Crippen LogP) is 4.15. The van der Waals surface area contributed by atoms with Gasteiger partial charge < -0.3 is 14.7 Å². The largest absolute Gasteiger partial charge is 0.504 e. The highest BCUT2D eigenvalue weighted by atomic mass is 32.2. The van der Waals surface area contributed by atoms with Crippen LogP contribution in [0.15, 0.2) is 53.1 Å². The molecule has 1 fully saturated rings. The number of amides is 1. The summed E-state index contributed by atoms with van der Waals surface area (Å²) in [6.07, 6.45) is 0.153. The highest BCUT2D eigenvalue weighted by Gasteiger charge is 2.38. The Bertz CT molecular complexity index is 1050. The number of nitriles is 1. The molecule has 8 heteroatoms. The first-order valence-electron chi connectivity index (χ1n) is 9.55. The van der Waals surface area contributed by atoms with E-state index in [0.717, 1.165) is 11.3 Å². The van der Waals surface area contributed by atoms with E-state index in [1.807, 2.05) is 11.8 Å². The molecule has 1 atom stereocenters. The van der Waals surface area contributed by atoms with Gasteiger partial charge in [0.15, 0.2) is 11.5 Å². The van der Waals surface area contributed by atoms with Crippen molar-refractivity contribution in [2.45, 2.75) is 19.3 Å². The Morgan fingerprint density at radius 1 is 1.30 bits per heavy atom. The normalized spacial score (nSPS) is 18.8. The second kappa shape index (κ2) is 8.28.